The molecule has 0 aliphatic heterocycles. The molecule has 0 aliphatic carbocycles. The molecule has 26 heavy (non-hydrogen) atoms. The van der Waals surface area contributed by atoms with Gasteiger partial charge in [0, 0.05) is 18.7 Å². The minimum Gasteiger partial charge on any atom is -0.496 e. The van der Waals surface area contributed by atoms with Crippen molar-refractivity contribution in [1.82, 2.24) is 14.7 Å². The number of halogens is 1. The van der Waals surface area contributed by atoms with E-state index in [2.05, 4.69) is 15.5 Å². The molecule has 4 aromatic rings. The van der Waals surface area contributed by atoms with Crippen LogP contribution in [0.3, 0.4) is 0 Å². The zero-order valence-corrected chi connectivity index (χ0v) is 14.4. The molecule has 1 N–H and O–H groups in total. The lowest BCUT2D eigenvalue weighted by Crippen LogP contribution is -2.04. The van der Waals surface area contributed by atoms with Gasteiger partial charge in [0.05, 0.1) is 24.7 Å². The Morgan fingerprint density at radius 2 is 2.04 bits per heavy atom. The Balaban J connectivity index is 1.54. The third kappa shape index (κ3) is 2.88. The van der Waals surface area contributed by atoms with E-state index in [0.717, 1.165) is 22.3 Å². The minimum atomic E-state index is -0.288. The predicted molar refractivity (Wildman–Crippen MR) is 96.5 cm³/mol. The largest absolute Gasteiger partial charge is 0.496 e. The van der Waals surface area contributed by atoms with E-state index >= 15 is 0 Å². The first-order valence-electron chi connectivity index (χ1n) is 8.10. The average Bonchev–Trinajstić information content (AvgIpc) is 3.25. The van der Waals surface area contributed by atoms with Crippen molar-refractivity contribution in [3.63, 3.8) is 0 Å². The molecule has 0 fully saturated rings. The van der Waals surface area contributed by atoms with E-state index in [9.17, 15) is 4.39 Å². The number of hydrogen-bond donors (Lipinski definition) is 1. The van der Waals surface area contributed by atoms with Gasteiger partial charge in [0.25, 0.3) is 0 Å². The highest BCUT2D eigenvalue weighted by molar-refractivity contribution is 5.78. The molecule has 2 heterocycles. The zero-order valence-electron chi connectivity index (χ0n) is 14.4. The van der Waals surface area contributed by atoms with Gasteiger partial charge in [-0.05, 0) is 30.3 Å². The van der Waals surface area contributed by atoms with Crippen LogP contribution < -0.4 is 10.1 Å². The van der Waals surface area contributed by atoms with Crippen LogP contribution >= 0.6 is 0 Å². The lowest BCUT2D eigenvalue weighted by molar-refractivity contribution is 0.388. The maximum Gasteiger partial charge on any atom is 0.203 e. The third-order valence-electron chi connectivity index (χ3n) is 4.21. The molecule has 7 heteroatoms. The van der Waals surface area contributed by atoms with Crippen molar-refractivity contribution in [2.24, 2.45) is 7.05 Å². The van der Waals surface area contributed by atoms with Crippen LogP contribution in [-0.4, -0.2) is 21.8 Å². The molecule has 0 amide bonds. The topological polar surface area (TPSA) is 65.1 Å². The number of nitrogens with zero attached hydrogens (tertiary/aromatic N) is 3. The number of benzene rings is 2. The van der Waals surface area contributed by atoms with Crippen molar-refractivity contribution in [2.75, 3.05) is 12.4 Å². The van der Waals surface area contributed by atoms with E-state index in [0.29, 0.717) is 23.9 Å². The molecule has 2 aromatic carbocycles. The Hall–Kier alpha value is -3.35. The van der Waals surface area contributed by atoms with E-state index in [4.69, 9.17) is 9.26 Å². The molecule has 0 saturated heterocycles. The number of imidazole rings is 1. The molecule has 0 saturated carbocycles. The van der Waals surface area contributed by atoms with Gasteiger partial charge >= 0.3 is 0 Å². The molecule has 0 unspecified atom stereocenters. The standard InChI is InChI=1S/C19H17FN4O2/c1-24-17-9-12(20)7-8-15(17)22-19(24)21-11-13-10-16(23-26-13)14-5-3-4-6-18(14)25-2/h3-10H,11H2,1-2H3,(H,21,22). The van der Waals surface area contributed by atoms with Gasteiger partial charge in [0.2, 0.25) is 5.95 Å². The van der Waals surface area contributed by atoms with Crippen molar-refractivity contribution in [3.8, 4) is 17.0 Å². The van der Waals surface area contributed by atoms with Gasteiger partial charge < -0.3 is 19.1 Å². The van der Waals surface area contributed by atoms with Gasteiger partial charge in [0.1, 0.15) is 17.3 Å². The molecule has 0 aliphatic rings. The van der Waals surface area contributed by atoms with E-state index in [1.165, 1.54) is 12.1 Å². The molecule has 2 aromatic heterocycles. The number of rotatable bonds is 5. The van der Waals surface area contributed by atoms with Crippen molar-refractivity contribution in [2.45, 2.75) is 6.54 Å². The summed E-state index contributed by atoms with van der Waals surface area (Å²) >= 11 is 0. The Labute approximate surface area is 149 Å². The molecule has 0 radical (unpaired) electrons. The number of anilines is 1. The van der Waals surface area contributed by atoms with Crippen LogP contribution in [0.25, 0.3) is 22.3 Å². The van der Waals surface area contributed by atoms with Crippen LogP contribution in [0.4, 0.5) is 10.3 Å². The fourth-order valence-electron chi connectivity index (χ4n) is 2.87. The fourth-order valence-corrected chi connectivity index (χ4v) is 2.87. The Bertz CT molecular complexity index is 1070. The molecule has 0 atom stereocenters. The van der Waals surface area contributed by atoms with Crippen LogP contribution in [0.1, 0.15) is 5.76 Å². The molecule has 132 valence electrons. The Morgan fingerprint density at radius 3 is 2.88 bits per heavy atom. The van der Waals surface area contributed by atoms with Crippen LogP contribution in [0.5, 0.6) is 5.75 Å². The number of aromatic nitrogens is 3. The number of nitrogens with one attached hydrogen (secondary N) is 1. The van der Waals surface area contributed by atoms with Crippen molar-refractivity contribution >= 4 is 17.0 Å². The maximum absolute atomic E-state index is 13.4. The zero-order chi connectivity index (χ0) is 18.1. The second-order valence-corrected chi connectivity index (χ2v) is 5.86. The second-order valence-electron chi connectivity index (χ2n) is 5.86. The first-order chi connectivity index (χ1) is 12.7. The van der Waals surface area contributed by atoms with E-state index in [-0.39, 0.29) is 5.82 Å². The van der Waals surface area contributed by atoms with E-state index in [1.807, 2.05) is 37.4 Å². The SMILES string of the molecule is COc1ccccc1-c1cc(CNc2nc3ccc(F)cc3n2C)on1. The molecule has 4 rings (SSSR count). The summed E-state index contributed by atoms with van der Waals surface area (Å²) in [5.41, 5.74) is 3.01. The molecule has 0 bridgehead atoms. The van der Waals surface area contributed by atoms with E-state index in [1.54, 1.807) is 17.7 Å². The van der Waals surface area contributed by atoms with Gasteiger partial charge in [-0.25, -0.2) is 9.37 Å². The Kier molecular flexibility index (Phi) is 4.04. The number of para-hydroxylation sites is 1. The summed E-state index contributed by atoms with van der Waals surface area (Å²) in [6.45, 7) is 0.405. The van der Waals surface area contributed by atoms with Gasteiger partial charge in [-0.1, -0.05) is 17.3 Å². The summed E-state index contributed by atoms with van der Waals surface area (Å²) in [5.74, 6) is 1.73. The maximum atomic E-state index is 13.4. The summed E-state index contributed by atoms with van der Waals surface area (Å²) in [5, 5.41) is 7.31. The van der Waals surface area contributed by atoms with Crippen LogP contribution in [-0.2, 0) is 13.6 Å². The molecule has 6 nitrogen and oxygen atoms in total. The van der Waals surface area contributed by atoms with Gasteiger partial charge in [-0.3, -0.25) is 0 Å². The number of fused-ring (bicyclic) bond motifs is 1. The van der Waals surface area contributed by atoms with Gasteiger partial charge in [-0.2, -0.15) is 0 Å². The third-order valence-corrected chi connectivity index (χ3v) is 4.21. The number of methoxy groups -OCH3 is 1. The number of aryl methyl sites for hydroxylation is 1. The summed E-state index contributed by atoms with van der Waals surface area (Å²) in [7, 11) is 3.45. The monoisotopic (exact) mass is 352 g/mol. The summed E-state index contributed by atoms with van der Waals surface area (Å²) < 4.78 is 26.0. The molecular formula is C19H17FN4O2. The highest BCUT2D eigenvalue weighted by Crippen LogP contribution is 2.29. The predicted octanol–water partition coefficient (Wildman–Crippen LogP) is 3.99. The van der Waals surface area contributed by atoms with E-state index < -0.39 is 0 Å². The van der Waals surface area contributed by atoms with Crippen molar-refractivity contribution in [3.05, 3.63) is 60.1 Å². The first-order valence-corrected chi connectivity index (χ1v) is 8.10. The number of hydrogen-bond acceptors (Lipinski definition) is 5. The normalized spacial score (nSPS) is 11.0. The highest BCUT2D eigenvalue weighted by atomic mass is 19.1. The van der Waals surface area contributed by atoms with Crippen molar-refractivity contribution < 1.29 is 13.7 Å². The lowest BCUT2D eigenvalue weighted by Gasteiger charge is -2.04. The first kappa shape index (κ1) is 16.1. The van der Waals surface area contributed by atoms with Crippen LogP contribution in [0.15, 0.2) is 53.1 Å². The summed E-state index contributed by atoms with van der Waals surface area (Å²) in [6, 6.07) is 14.0. The summed E-state index contributed by atoms with van der Waals surface area (Å²) in [6.07, 6.45) is 0. The van der Waals surface area contributed by atoms with Crippen LogP contribution in [0.2, 0.25) is 0 Å². The average molecular weight is 352 g/mol. The fraction of sp³-hybridized carbons (Fsp3) is 0.158. The quantitative estimate of drug-likeness (QED) is 0.588. The number of ether oxygens (including phenoxy) is 1. The Morgan fingerprint density at radius 1 is 1.19 bits per heavy atom. The minimum absolute atomic E-state index is 0.288. The van der Waals surface area contributed by atoms with Gasteiger partial charge in [-0.15, -0.1) is 0 Å². The van der Waals surface area contributed by atoms with Crippen molar-refractivity contribution in [1.29, 1.82) is 0 Å². The smallest absolute Gasteiger partial charge is 0.203 e. The highest BCUT2D eigenvalue weighted by Gasteiger charge is 2.13. The molecular weight excluding hydrogens is 335 g/mol. The molecule has 0 spiro atoms. The lowest BCUT2D eigenvalue weighted by atomic mass is 10.1. The van der Waals surface area contributed by atoms with Gasteiger partial charge in [0.15, 0.2) is 5.76 Å². The summed E-state index contributed by atoms with van der Waals surface area (Å²) in [4.78, 5) is 4.46. The van der Waals surface area contributed by atoms with Crippen LogP contribution in [0, 0.1) is 5.82 Å². The second kappa shape index (κ2) is 6.51.